The predicted molar refractivity (Wildman–Crippen MR) is 47.0 cm³/mol. The summed E-state index contributed by atoms with van der Waals surface area (Å²) in [6, 6.07) is 0. The molecule has 0 spiro atoms. The molecular weight excluding hydrogens is 154 g/mol. The molecule has 1 heterocycles. The minimum atomic E-state index is -0.192. The summed E-state index contributed by atoms with van der Waals surface area (Å²) in [5, 5.41) is 0. The maximum Gasteiger partial charge on any atom is 0.409 e. The second-order valence-electron chi connectivity index (χ2n) is 4.16. The maximum absolute atomic E-state index is 11.2. The van der Waals surface area contributed by atoms with E-state index in [9.17, 15) is 4.79 Å². The number of hydrogen-bond acceptors (Lipinski definition) is 2. The van der Waals surface area contributed by atoms with E-state index in [2.05, 4.69) is 18.6 Å². The molecular formula is C9H17NO2. The molecule has 12 heavy (non-hydrogen) atoms. The van der Waals surface area contributed by atoms with Crippen LogP contribution in [0.25, 0.3) is 0 Å². The Morgan fingerprint density at radius 1 is 1.50 bits per heavy atom. The Kier molecular flexibility index (Phi) is 2.60. The van der Waals surface area contributed by atoms with Crippen LogP contribution in [0, 0.1) is 5.41 Å². The highest BCUT2D eigenvalue weighted by molar-refractivity contribution is 5.67. The molecule has 0 bridgehead atoms. The Morgan fingerprint density at radius 2 is 2.17 bits per heavy atom. The number of methoxy groups -OCH3 is 1. The third-order valence-electron chi connectivity index (χ3n) is 2.33. The van der Waals surface area contributed by atoms with Crippen LogP contribution < -0.4 is 0 Å². The summed E-state index contributed by atoms with van der Waals surface area (Å²) in [5.41, 5.74) is 0.256. The zero-order chi connectivity index (χ0) is 9.19. The summed E-state index contributed by atoms with van der Waals surface area (Å²) in [5.74, 6) is 0. The van der Waals surface area contributed by atoms with E-state index < -0.39 is 0 Å². The van der Waals surface area contributed by atoms with Gasteiger partial charge in [-0.3, -0.25) is 0 Å². The molecule has 0 atom stereocenters. The first-order valence-corrected chi connectivity index (χ1v) is 4.38. The standard InChI is InChI=1S/C9H17NO2/c1-9(2)5-4-6-10(7-9)8(11)12-3/h4-7H2,1-3H3. The molecule has 0 saturated carbocycles. The van der Waals surface area contributed by atoms with Gasteiger partial charge in [-0.15, -0.1) is 0 Å². The van der Waals surface area contributed by atoms with Crippen molar-refractivity contribution >= 4 is 6.09 Å². The van der Waals surface area contributed by atoms with Crippen LogP contribution in [0.15, 0.2) is 0 Å². The van der Waals surface area contributed by atoms with Crippen LogP contribution in [0.4, 0.5) is 4.79 Å². The molecule has 0 aromatic carbocycles. The van der Waals surface area contributed by atoms with Gasteiger partial charge in [0.1, 0.15) is 0 Å². The van der Waals surface area contributed by atoms with Crippen molar-refractivity contribution in [3.05, 3.63) is 0 Å². The monoisotopic (exact) mass is 171 g/mol. The van der Waals surface area contributed by atoms with Gasteiger partial charge in [0.2, 0.25) is 0 Å². The summed E-state index contributed by atoms with van der Waals surface area (Å²) in [7, 11) is 1.43. The lowest BCUT2D eigenvalue weighted by molar-refractivity contribution is 0.0810. The van der Waals surface area contributed by atoms with Crippen LogP contribution in [-0.2, 0) is 4.74 Å². The van der Waals surface area contributed by atoms with E-state index in [0.29, 0.717) is 0 Å². The lowest BCUT2D eigenvalue weighted by Crippen LogP contribution is -2.43. The molecule has 0 unspecified atom stereocenters. The zero-order valence-electron chi connectivity index (χ0n) is 8.09. The molecule has 0 aromatic rings. The van der Waals surface area contributed by atoms with Crippen LogP contribution in [0.2, 0.25) is 0 Å². The van der Waals surface area contributed by atoms with E-state index in [0.717, 1.165) is 19.5 Å². The average Bonchev–Trinajstić information content (AvgIpc) is 2.01. The van der Waals surface area contributed by atoms with E-state index in [1.807, 2.05) is 0 Å². The first-order chi connectivity index (χ1) is 5.55. The van der Waals surface area contributed by atoms with Crippen LogP contribution in [-0.4, -0.2) is 31.2 Å². The molecule has 1 rings (SSSR count). The fourth-order valence-corrected chi connectivity index (χ4v) is 1.71. The number of rotatable bonds is 0. The first-order valence-electron chi connectivity index (χ1n) is 4.38. The number of amides is 1. The fourth-order valence-electron chi connectivity index (χ4n) is 1.71. The van der Waals surface area contributed by atoms with Crippen molar-refractivity contribution in [3.8, 4) is 0 Å². The molecule has 1 saturated heterocycles. The van der Waals surface area contributed by atoms with Crippen molar-refractivity contribution in [2.45, 2.75) is 26.7 Å². The molecule has 0 aromatic heterocycles. The molecule has 70 valence electrons. The molecule has 1 aliphatic rings. The Balaban J connectivity index is 2.52. The van der Waals surface area contributed by atoms with Gasteiger partial charge in [-0.1, -0.05) is 13.8 Å². The van der Waals surface area contributed by atoms with Crippen molar-refractivity contribution in [2.75, 3.05) is 20.2 Å². The van der Waals surface area contributed by atoms with E-state index in [-0.39, 0.29) is 11.5 Å². The van der Waals surface area contributed by atoms with Crippen molar-refractivity contribution in [3.63, 3.8) is 0 Å². The van der Waals surface area contributed by atoms with Crippen molar-refractivity contribution < 1.29 is 9.53 Å². The Hall–Kier alpha value is -0.730. The number of piperidine rings is 1. The second-order valence-corrected chi connectivity index (χ2v) is 4.16. The van der Waals surface area contributed by atoms with E-state index in [1.54, 1.807) is 4.90 Å². The van der Waals surface area contributed by atoms with Gasteiger partial charge >= 0.3 is 6.09 Å². The van der Waals surface area contributed by atoms with Gasteiger partial charge in [-0.05, 0) is 18.3 Å². The lowest BCUT2D eigenvalue weighted by atomic mass is 9.84. The van der Waals surface area contributed by atoms with E-state index >= 15 is 0 Å². The number of hydrogen-bond donors (Lipinski definition) is 0. The molecule has 3 nitrogen and oxygen atoms in total. The first kappa shape index (κ1) is 9.36. The maximum atomic E-state index is 11.2. The topological polar surface area (TPSA) is 29.5 Å². The third-order valence-corrected chi connectivity index (χ3v) is 2.33. The SMILES string of the molecule is COC(=O)N1CCCC(C)(C)C1. The number of carbonyl (C=O) groups excluding carboxylic acids is 1. The predicted octanol–water partition coefficient (Wildman–Crippen LogP) is 1.87. The normalized spacial score (nSPS) is 22.1. The number of carbonyl (C=O) groups is 1. The fraction of sp³-hybridized carbons (Fsp3) is 0.889. The number of likely N-dealkylation sites (tertiary alicyclic amines) is 1. The molecule has 0 N–H and O–H groups in total. The zero-order valence-corrected chi connectivity index (χ0v) is 8.09. The van der Waals surface area contributed by atoms with Crippen molar-refractivity contribution in [1.82, 2.24) is 4.90 Å². The summed E-state index contributed by atoms with van der Waals surface area (Å²) in [4.78, 5) is 12.9. The summed E-state index contributed by atoms with van der Waals surface area (Å²) < 4.78 is 4.67. The summed E-state index contributed by atoms with van der Waals surface area (Å²) >= 11 is 0. The molecule has 0 aliphatic carbocycles. The molecule has 1 fully saturated rings. The minimum absolute atomic E-state index is 0.192. The van der Waals surface area contributed by atoms with Crippen molar-refractivity contribution in [1.29, 1.82) is 0 Å². The van der Waals surface area contributed by atoms with Gasteiger partial charge in [-0.2, -0.15) is 0 Å². The average molecular weight is 171 g/mol. The largest absolute Gasteiger partial charge is 0.453 e. The van der Waals surface area contributed by atoms with Gasteiger partial charge in [-0.25, -0.2) is 4.79 Å². The Bertz CT molecular complexity index is 177. The third kappa shape index (κ3) is 2.13. The molecule has 0 radical (unpaired) electrons. The summed E-state index contributed by atoms with van der Waals surface area (Å²) in [6.45, 7) is 6.03. The Labute approximate surface area is 73.7 Å². The van der Waals surface area contributed by atoms with Gasteiger partial charge in [0.05, 0.1) is 7.11 Å². The lowest BCUT2D eigenvalue weighted by Gasteiger charge is -2.36. The quantitative estimate of drug-likeness (QED) is 0.557. The van der Waals surface area contributed by atoms with Crippen LogP contribution in [0.3, 0.4) is 0 Å². The van der Waals surface area contributed by atoms with Crippen LogP contribution in [0.1, 0.15) is 26.7 Å². The van der Waals surface area contributed by atoms with Crippen LogP contribution >= 0.6 is 0 Å². The number of ether oxygens (including phenoxy) is 1. The van der Waals surface area contributed by atoms with Gasteiger partial charge < -0.3 is 9.64 Å². The highest BCUT2D eigenvalue weighted by Gasteiger charge is 2.29. The minimum Gasteiger partial charge on any atom is -0.453 e. The van der Waals surface area contributed by atoms with Gasteiger partial charge in [0, 0.05) is 13.1 Å². The van der Waals surface area contributed by atoms with Gasteiger partial charge in [0.15, 0.2) is 0 Å². The molecule has 1 aliphatic heterocycles. The number of nitrogens with zero attached hydrogens (tertiary/aromatic N) is 1. The van der Waals surface area contributed by atoms with E-state index in [1.165, 1.54) is 13.5 Å². The van der Waals surface area contributed by atoms with Crippen molar-refractivity contribution in [2.24, 2.45) is 5.41 Å². The van der Waals surface area contributed by atoms with Crippen LogP contribution in [0.5, 0.6) is 0 Å². The second kappa shape index (κ2) is 3.33. The van der Waals surface area contributed by atoms with E-state index in [4.69, 9.17) is 0 Å². The highest BCUT2D eigenvalue weighted by Crippen LogP contribution is 2.28. The summed E-state index contributed by atoms with van der Waals surface area (Å²) in [6.07, 6.45) is 2.09. The smallest absolute Gasteiger partial charge is 0.409 e. The Morgan fingerprint density at radius 3 is 2.67 bits per heavy atom. The molecule has 3 heteroatoms. The molecule has 1 amide bonds. The highest BCUT2D eigenvalue weighted by atomic mass is 16.5. The van der Waals surface area contributed by atoms with Gasteiger partial charge in [0.25, 0.3) is 0 Å².